The van der Waals surface area contributed by atoms with Crippen LogP contribution in [0.1, 0.15) is 17.3 Å². The van der Waals surface area contributed by atoms with E-state index in [0.717, 1.165) is 6.07 Å². The molecule has 100 valence electrons. The highest BCUT2D eigenvalue weighted by molar-refractivity contribution is 5.93. The number of hydrogen-bond acceptors (Lipinski definition) is 4. The SMILES string of the molecule is CCOC(=O)c1ccc(N)cc1OCC(F)(F)F. The number of ether oxygens (including phenoxy) is 2. The van der Waals surface area contributed by atoms with Crippen LogP contribution in [0.3, 0.4) is 0 Å². The van der Waals surface area contributed by atoms with Gasteiger partial charge in [-0.25, -0.2) is 4.79 Å². The fourth-order valence-electron chi connectivity index (χ4n) is 1.20. The Kier molecular flexibility index (Phi) is 4.41. The zero-order valence-electron chi connectivity index (χ0n) is 9.58. The highest BCUT2D eigenvalue weighted by Crippen LogP contribution is 2.25. The summed E-state index contributed by atoms with van der Waals surface area (Å²) < 4.78 is 45.4. The van der Waals surface area contributed by atoms with Crippen LogP contribution in [0.15, 0.2) is 18.2 Å². The lowest BCUT2D eigenvalue weighted by molar-refractivity contribution is -0.153. The van der Waals surface area contributed by atoms with Gasteiger partial charge in [-0.1, -0.05) is 0 Å². The van der Waals surface area contributed by atoms with Gasteiger partial charge >= 0.3 is 12.1 Å². The number of hydrogen-bond donors (Lipinski definition) is 1. The fourth-order valence-corrected chi connectivity index (χ4v) is 1.20. The Morgan fingerprint density at radius 2 is 2.06 bits per heavy atom. The summed E-state index contributed by atoms with van der Waals surface area (Å²) >= 11 is 0. The minimum atomic E-state index is -4.49. The van der Waals surface area contributed by atoms with Crippen LogP contribution < -0.4 is 10.5 Å². The van der Waals surface area contributed by atoms with Crippen LogP contribution in [0.2, 0.25) is 0 Å². The second-order valence-corrected chi connectivity index (χ2v) is 3.38. The average Bonchev–Trinajstić information content (AvgIpc) is 2.25. The first-order valence-electron chi connectivity index (χ1n) is 5.09. The van der Waals surface area contributed by atoms with E-state index >= 15 is 0 Å². The number of nitrogen functional groups attached to an aromatic ring is 1. The molecule has 0 radical (unpaired) electrons. The van der Waals surface area contributed by atoms with Gasteiger partial charge in [-0.15, -0.1) is 0 Å². The number of alkyl halides is 3. The first-order chi connectivity index (χ1) is 8.33. The van der Waals surface area contributed by atoms with Crippen molar-refractivity contribution in [3.8, 4) is 5.75 Å². The van der Waals surface area contributed by atoms with Gasteiger partial charge in [0.2, 0.25) is 0 Å². The van der Waals surface area contributed by atoms with Crippen molar-refractivity contribution in [1.82, 2.24) is 0 Å². The summed E-state index contributed by atoms with van der Waals surface area (Å²) in [4.78, 5) is 11.5. The second-order valence-electron chi connectivity index (χ2n) is 3.38. The van der Waals surface area contributed by atoms with E-state index in [1.807, 2.05) is 0 Å². The average molecular weight is 263 g/mol. The summed E-state index contributed by atoms with van der Waals surface area (Å²) in [7, 11) is 0. The van der Waals surface area contributed by atoms with E-state index in [9.17, 15) is 18.0 Å². The van der Waals surface area contributed by atoms with Crippen molar-refractivity contribution in [3.63, 3.8) is 0 Å². The molecule has 0 aliphatic rings. The molecule has 4 nitrogen and oxygen atoms in total. The van der Waals surface area contributed by atoms with Crippen LogP contribution in [-0.2, 0) is 4.74 Å². The number of carbonyl (C=O) groups excluding carboxylic acids is 1. The Hall–Kier alpha value is -1.92. The number of esters is 1. The number of carbonyl (C=O) groups is 1. The molecule has 0 bridgehead atoms. The van der Waals surface area contributed by atoms with Gasteiger partial charge in [0.05, 0.1) is 6.61 Å². The number of nitrogens with two attached hydrogens (primary N) is 1. The highest BCUT2D eigenvalue weighted by atomic mass is 19.4. The molecule has 0 atom stereocenters. The van der Waals surface area contributed by atoms with E-state index in [2.05, 4.69) is 4.74 Å². The minimum absolute atomic E-state index is 0.0877. The Balaban J connectivity index is 2.93. The fraction of sp³-hybridized carbons (Fsp3) is 0.364. The van der Waals surface area contributed by atoms with Crippen molar-refractivity contribution >= 4 is 11.7 Å². The summed E-state index contributed by atoms with van der Waals surface area (Å²) in [5.74, 6) is -1.000. The largest absolute Gasteiger partial charge is 0.483 e. The first kappa shape index (κ1) is 14.1. The van der Waals surface area contributed by atoms with E-state index in [0.29, 0.717) is 0 Å². The van der Waals surface area contributed by atoms with Crippen LogP contribution >= 0.6 is 0 Å². The van der Waals surface area contributed by atoms with Gasteiger partial charge in [0.1, 0.15) is 11.3 Å². The molecule has 1 rings (SSSR count). The van der Waals surface area contributed by atoms with Gasteiger partial charge in [0.25, 0.3) is 0 Å². The molecule has 2 N–H and O–H groups in total. The first-order valence-corrected chi connectivity index (χ1v) is 5.09. The molecule has 18 heavy (non-hydrogen) atoms. The third-order valence-corrected chi connectivity index (χ3v) is 1.89. The molecule has 0 aliphatic carbocycles. The molecule has 0 heterocycles. The molecular formula is C11H12F3NO3. The van der Waals surface area contributed by atoms with Gasteiger partial charge < -0.3 is 15.2 Å². The third kappa shape index (κ3) is 4.15. The molecule has 0 amide bonds. The van der Waals surface area contributed by atoms with Crippen molar-refractivity contribution in [2.24, 2.45) is 0 Å². The predicted octanol–water partition coefficient (Wildman–Crippen LogP) is 2.39. The Bertz CT molecular complexity index is 432. The quantitative estimate of drug-likeness (QED) is 0.669. The molecule has 7 heteroatoms. The van der Waals surface area contributed by atoms with Crippen molar-refractivity contribution in [1.29, 1.82) is 0 Å². The van der Waals surface area contributed by atoms with Crippen molar-refractivity contribution < 1.29 is 27.4 Å². The Labute approximate surface area is 101 Å². The maximum Gasteiger partial charge on any atom is 0.422 e. The molecule has 1 aromatic rings. The Morgan fingerprint density at radius 1 is 1.39 bits per heavy atom. The molecule has 0 unspecified atom stereocenters. The number of benzene rings is 1. The molecule has 0 aliphatic heterocycles. The van der Waals surface area contributed by atoms with Gasteiger partial charge in [-0.05, 0) is 19.1 Å². The maximum absolute atomic E-state index is 12.1. The van der Waals surface area contributed by atoms with Gasteiger partial charge in [-0.3, -0.25) is 0 Å². The lowest BCUT2D eigenvalue weighted by atomic mass is 10.2. The monoisotopic (exact) mass is 263 g/mol. The minimum Gasteiger partial charge on any atom is -0.483 e. The van der Waals surface area contributed by atoms with E-state index < -0.39 is 18.8 Å². The smallest absolute Gasteiger partial charge is 0.422 e. The van der Waals surface area contributed by atoms with E-state index in [1.54, 1.807) is 6.92 Å². The molecule has 0 saturated heterocycles. The standard InChI is InChI=1S/C11H12F3NO3/c1-2-17-10(16)8-4-3-7(15)5-9(8)18-6-11(12,13)14/h3-5H,2,6,15H2,1H3. The van der Waals surface area contributed by atoms with Gasteiger partial charge in [0.15, 0.2) is 6.61 Å². The maximum atomic E-state index is 12.1. The Morgan fingerprint density at radius 3 is 2.61 bits per heavy atom. The van der Waals surface area contributed by atoms with E-state index in [1.165, 1.54) is 12.1 Å². The van der Waals surface area contributed by atoms with E-state index in [-0.39, 0.29) is 23.6 Å². The number of halogens is 3. The van der Waals surface area contributed by atoms with Crippen molar-refractivity contribution in [2.45, 2.75) is 13.1 Å². The number of anilines is 1. The molecule has 0 fully saturated rings. The zero-order valence-corrected chi connectivity index (χ0v) is 9.58. The van der Waals surface area contributed by atoms with Gasteiger partial charge in [-0.2, -0.15) is 13.2 Å². The van der Waals surface area contributed by atoms with Gasteiger partial charge in [0, 0.05) is 11.8 Å². The summed E-state index contributed by atoms with van der Waals surface area (Å²) in [6.45, 7) is 0.205. The summed E-state index contributed by atoms with van der Waals surface area (Å²) in [6, 6.07) is 3.80. The van der Waals surface area contributed by atoms with Crippen LogP contribution in [0.5, 0.6) is 5.75 Å². The second kappa shape index (κ2) is 5.61. The molecule has 0 spiro atoms. The lowest BCUT2D eigenvalue weighted by Crippen LogP contribution is -2.20. The van der Waals surface area contributed by atoms with Crippen LogP contribution in [0.4, 0.5) is 18.9 Å². The normalized spacial score (nSPS) is 11.1. The molecule has 1 aromatic carbocycles. The van der Waals surface area contributed by atoms with E-state index in [4.69, 9.17) is 10.5 Å². The van der Waals surface area contributed by atoms with Crippen LogP contribution in [-0.4, -0.2) is 25.4 Å². The summed E-state index contributed by atoms with van der Waals surface area (Å²) in [5, 5.41) is 0. The summed E-state index contributed by atoms with van der Waals surface area (Å²) in [6.07, 6.45) is -4.49. The van der Waals surface area contributed by atoms with Crippen LogP contribution in [0, 0.1) is 0 Å². The zero-order chi connectivity index (χ0) is 13.8. The number of rotatable bonds is 4. The lowest BCUT2D eigenvalue weighted by Gasteiger charge is -2.13. The summed E-state index contributed by atoms with van der Waals surface area (Å²) in [5.41, 5.74) is 5.53. The topological polar surface area (TPSA) is 61.5 Å². The molecule has 0 aromatic heterocycles. The van der Waals surface area contributed by atoms with Crippen molar-refractivity contribution in [2.75, 3.05) is 18.9 Å². The predicted molar refractivity (Wildman–Crippen MR) is 58.4 cm³/mol. The van der Waals surface area contributed by atoms with Crippen molar-refractivity contribution in [3.05, 3.63) is 23.8 Å². The van der Waals surface area contributed by atoms with Crippen LogP contribution in [0.25, 0.3) is 0 Å². The highest BCUT2D eigenvalue weighted by Gasteiger charge is 2.29. The molecular weight excluding hydrogens is 251 g/mol. The molecule has 0 saturated carbocycles. The third-order valence-electron chi connectivity index (χ3n) is 1.89.